The molecule has 1 aromatic rings. The fraction of sp³-hybridized carbons (Fsp3) is 0.462. The molecule has 1 aliphatic rings. The zero-order valence-electron chi connectivity index (χ0n) is 9.71. The minimum absolute atomic E-state index is 0.715. The average molecular weight is 218 g/mol. The van der Waals surface area contributed by atoms with Crippen LogP contribution in [-0.2, 0) is 6.42 Å². The van der Waals surface area contributed by atoms with Crippen LogP contribution < -0.4 is 16.4 Å². The van der Waals surface area contributed by atoms with Gasteiger partial charge in [0.05, 0.1) is 11.4 Å². The van der Waals surface area contributed by atoms with E-state index in [4.69, 9.17) is 11.5 Å². The first-order valence-corrected chi connectivity index (χ1v) is 5.94. The molecule has 2 rings (SSSR count). The van der Waals surface area contributed by atoms with Crippen molar-refractivity contribution < 1.29 is 0 Å². The average Bonchev–Trinajstić information content (AvgIpc) is 2.30. The van der Waals surface area contributed by atoms with Gasteiger partial charge in [-0.15, -0.1) is 0 Å². The van der Waals surface area contributed by atoms with Gasteiger partial charge in [0.25, 0.3) is 0 Å². The van der Waals surface area contributed by atoms with E-state index in [1.54, 1.807) is 0 Å². The van der Waals surface area contributed by atoms with E-state index in [1.807, 2.05) is 6.07 Å². The number of rotatable bonds is 2. The second kappa shape index (κ2) is 4.64. The molecule has 0 unspecified atom stereocenters. The number of nitrogen functional groups attached to an aromatic ring is 2. The lowest BCUT2D eigenvalue weighted by molar-refractivity contribution is 0.578. The molecule has 0 atom stereocenters. The smallest absolute Gasteiger partial charge is 0.0604 e. The first-order valence-electron chi connectivity index (χ1n) is 5.94. The van der Waals surface area contributed by atoms with Gasteiger partial charge < -0.3 is 16.4 Å². The number of nitrogens with two attached hydrogens (primary N) is 2. The van der Waals surface area contributed by atoms with Crippen LogP contribution in [-0.4, -0.2) is 13.1 Å². The van der Waals surface area contributed by atoms with E-state index in [2.05, 4.69) is 17.9 Å². The van der Waals surface area contributed by atoms with Gasteiger partial charge in [-0.25, -0.2) is 0 Å². The van der Waals surface area contributed by atoms with Crippen molar-refractivity contribution in [3.63, 3.8) is 0 Å². The van der Waals surface area contributed by atoms with Crippen LogP contribution in [0.3, 0.4) is 0 Å². The highest BCUT2D eigenvalue weighted by atomic mass is 15.1. The van der Waals surface area contributed by atoms with Gasteiger partial charge in [-0.2, -0.15) is 0 Å². The number of benzene rings is 1. The number of nitrogens with zero attached hydrogens (tertiary/aromatic N) is 1. The van der Waals surface area contributed by atoms with E-state index in [-0.39, 0.29) is 0 Å². The van der Waals surface area contributed by atoms with E-state index >= 15 is 0 Å². The summed E-state index contributed by atoms with van der Waals surface area (Å²) in [5, 5.41) is 0. The molecule has 87 valence electrons. The summed E-state index contributed by atoms with van der Waals surface area (Å²) in [6, 6.07) is 3.97. The van der Waals surface area contributed by atoms with Crippen LogP contribution in [0.25, 0.3) is 0 Å². The third-order valence-corrected chi connectivity index (χ3v) is 3.25. The quantitative estimate of drug-likeness (QED) is 0.748. The first kappa shape index (κ1) is 11.1. The van der Waals surface area contributed by atoms with Crippen LogP contribution >= 0.6 is 0 Å². The summed E-state index contributed by atoms with van der Waals surface area (Å²) in [5.41, 5.74) is 15.7. The lowest BCUT2D eigenvalue weighted by Gasteiger charge is -2.30. The second-order valence-electron chi connectivity index (χ2n) is 4.41. The van der Waals surface area contributed by atoms with Crippen LogP contribution in [0.4, 0.5) is 17.1 Å². The van der Waals surface area contributed by atoms with Gasteiger partial charge in [0.1, 0.15) is 0 Å². The van der Waals surface area contributed by atoms with E-state index in [1.165, 1.54) is 19.3 Å². The highest BCUT2D eigenvalue weighted by Crippen LogP contribution is 2.30. The Balaban J connectivity index is 2.31. The minimum atomic E-state index is 0.715. The summed E-state index contributed by atoms with van der Waals surface area (Å²) < 4.78 is 0. The minimum Gasteiger partial charge on any atom is -0.398 e. The van der Waals surface area contributed by atoms with Gasteiger partial charge >= 0.3 is 0 Å². The predicted molar refractivity (Wildman–Crippen MR) is 70.4 cm³/mol. The van der Waals surface area contributed by atoms with Crippen LogP contribution in [0.5, 0.6) is 0 Å². The molecular weight excluding hydrogens is 198 g/mol. The lowest BCUT2D eigenvalue weighted by atomic mass is 10.1. The maximum atomic E-state index is 6.03. The fourth-order valence-corrected chi connectivity index (χ4v) is 2.29. The molecule has 1 aromatic carbocycles. The number of anilines is 3. The van der Waals surface area contributed by atoms with Gasteiger partial charge in [0, 0.05) is 18.8 Å². The Morgan fingerprint density at radius 2 is 1.75 bits per heavy atom. The Morgan fingerprint density at radius 3 is 2.38 bits per heavy atom. The van der Waals surface area contributed by atoms with E-state index in [9.17, 15) is 0 Å². The molecule has 1 heterocycles. The molecule has 0 amide bonds. The summed E-state index contributed by atoms with van der Waals surface area (Å²) in [4.78, 5) is 2.36. The van der Waals surface area contributed by atoms with Crippen LogP contribution in [0.2, 0.25) is 0 Å². The SMILES string of the molecule is [CH2]Cc1cc(N2CCCCC2)c(N)cc1N. The Labute approximate surface area is 97.4 Å². The van der Waals surface area contributed by atoms with Crippen LogP contribution in [0.1, 0.15) is 24.8 Å². The van der Waals surface area contributed by atoms with E-state index in [0.717, 1.165) is 35.7 Å². The molecule has 1 radical (unpaired) electrons. The van der Waals surface area contributed by atoms with Crippen molar-refractivity contribution in [3.05, 3.63) is 24.6 Å². The fourth-order valence-electron chi connectivity index (χ4n) is 2.29. The van der Waals surface area contributed by atoms with Crippen molar-refractivity contribution in [2.24, 2.45) is 0 Å². The van der Waals surface area contributed by atoms with Crippen molar-refractivity contribution >= 4 is 17.1 Å². The summed E-state index contributed by atoms with van der Waals surface area (Å²) >= 11 is 0. The molecule has 0 aliphatic carbocycles. The predicted octanol–water partition coefficient (Wildman–Crippen LogP) is 2.22. The molecule has 1 fully saturated rings. The van der Waals surface area contributed by atoms with Gasteiger partial charge in [-0.05, 0) is 50.3 Å². The zero-order valence-corrected chi connectivity index (χ0v) is 9.71. The summed E-state index contributed by atoms with van der Waals surface area (Å²) in [5.74, 6) is 0. The van der Waals surface area contributed by atoms with Gasteiger partial charge in [-0.1, -0.05) is 0 Å². The van der Waals surface area contributed by atoms with Crippen molar-refractivity contribution in [1.82, 2.24) is 0 Å². The topological polar surface area (TPSA) is 55.3 Å². The molecule has 1 aliphatic heterocycles. The molecular formula is C13H20N3. The summed E-state index contributed by atoms with van der Waals surface area (Å²) in [6.07, 6.45) is 4.55. The third kappa shape index (κ3) is 2.08. The zero-order chi connectivity index (χ0) is 11.5. The molecule has 1 saturated heterocycles. The highest BCUT2D eigenvalue weighted by molar-refractivity contribution is 5.74. The molecule has 0 bridgehead atoms. The van der Waals surface area contributed by atoms with Crippen molar-refractivity contribution in [2.75, 3.05) is 29.5 Å². The number of hydrogen-bond donors (Lipinski definition) is 2. The van der Waals surface area contributed by atoms with Gasteiger partial charge in [0.2, 0.25) is 0 Å². The van der Waals surface area contributed by atoms with E-state index in [0.29, 0.717) is 6.42 Å². The molecule has 3 nitrogen and oxygen atoms in total. The third-order valence-electron chi connectivity index (χ3n) is 3.25. The highest BCUT2D eigenvalue weighted by Gasteiger charge is 2.14. The van der Waals surface area contributed by atoms with Gasteiger partial charge in [0.15, 0.2) is 0 Å². The largest absolute Gasteiger partial charge is 0.398 e. The summed E-state index contributed by atoms with van der Waals surface area (Å²) in [7, 11) is 0. The normalized spacial score (nSPS) is 16.4. The standard InChI is InChI=1S/C13H20N3/c1-2-10-8-13(12(15)9-11(10)14)16-6-4-3-5-7-16/h8-9H,1-7,14-15H2. The van der Waals surface area contributed by atoms with Crippen LogP contribution in [0, 0.1) is 6.92 Å². The monoisotopic (exact) mass is 218 g/mol. The van der Waals surface area contributed by atoms with Crippen molar-refractivity contribution in [1.29, 1.82) is 0 Å². The lowest BCUT2D eigenvalue weighted by Crippen LogP contribution is -2.30. The Hall–Kier alpha value is -1.38. The Kier molecular flexibility index (Phi) is 3.22. The maximum absolute atomic E-state index is 6.03. The summed E-state index contributed by atoms with van der Waals surface area (Å²) in [6.45, 7) is 6.10. The maximum Gasteiger partial charge on any atom is 0.0604 e. The molecule has 16 heavy (non-hydrogen) atoms. The Morgan fingerprint density at radius 1 is 1.06 bits per heavy atom. The molecule has 0 saturated carbocycles. The molecule has 4 N–H and O–H groups in total. The number of hydrogen-bond acceptors (Lipinski definition) is 3. The van der Waals surface area contributed by atoms with Gasteiger partial charge in [-0.3, -0.25) is 0 Å². The van der Waals surface area contributed by atoms with Crippen molar-refractivity contribution in [2.45, 2.75) is 25.7 Å². The van der Waals surface area contributed by atoms with E-state index < -0.39 is 0 Å². The molecule has 0 spiro atoms. The molecule has 0 aromatic heterocycles. The molecule has 3 heteroatoms. The van der Waals surface area contributed by atoms with Crippen LogP contribution in [0.15, 0.2) is 12.1 Å². The Bertz CT molecular complexity index is 368. The first-order chi connectivity index (χ1) is 7.72. The second-order valence-corrected chi connectivity index (χ2v) is 4.41. The number of piperidine rings is 1. The van der Waals surface area contributed by atoms with Crippen molar-refractivity contribution in [3.8, 4) is 0 Å².